The quantitative estimate of drug-likeness (QED) is 0.899. The monoisotopic (exact) mass is 261 g/mol. The highest BCUT2D eigenvalue weighted by molar-refractivity contribution is 5.16. The first-order chi connectivity index (χ1) is 9.10. The van der Waals surface area contributed by atoms with Crippen molar-refractivity contribution in [1.29, 1.82) is 0 Å². The van der Waals surface area contributed by atoms with Gasteiger partial charge in [-0.2, -0.15) is 0 Å². The number of aliphatic hydroxyl groups is 1. The van der Waals surface area contributed by atoms with E-state index in [0.717, 1.165) is 19.5 Å². The zero-order chi connectivity index (χ0) is 13.7. The molecule has 1 unspecified atom stereocenters. The fraction of sp³-hybridized carbons (Fsp3) is 0.647. The second kappa shape index (κ2) is 6.53. The Hall–Kier alpha value is -0.860. The first-order valence-electron chi connectivity index (χ1n) is 7.58. The van der Waals surface area contributed by atoms with Crippen molar-refractivity contribution >= 4 is 0 Å². The standard InChI is InChI=1S/C17H27NO/c1-17(2,18-12-8-3-4-9-13-18)16(19)14-15-10-6-5-7-11-15/h5-7,10-11,16,19H,3-4,8-9,12-14H2,1-2H3. The summed E-state index contributed by atoms with van der Waals surface area (Å²) in [7, 11) is 0. The van der Waals surface area contributed by atoms with E-state index < -0.39 is 0 Å². The lowest BCUT2D eigenvalue weighted by Crippen LogP contribution is -2.53. The first kappa shape index (κ1) is 14.5. The molecular weight excluding hydrogens is 234 g/mol. The van der Waals surface area contributed by atoms with Crippen LogP contribution >= 0.6 is 0 Å². The van der Waals surface area contributed by atoms with E-state index in [2.05, 4.69) is 30.9 Å². The van der Waals surface area contributed by atoms with Crippen molar-refractivity contribution in [1.82, 2.24) is 4.90 Å². The van der Waals surface area contributed by atoms with Crippen LogP contribution in [0.5, 0.6) is 0 Å². The molecule has 2 nitrogen and oxygen atoms in total. The Morgan fingerprint density at radius 1 is 1.05 bits per heavy atom. The van der Waals surface area contributed by atoms with Crippen LogP contribution in [-0.4, -0.2) is 34.7 Å². The van der Waals surface area contributed by atoms with Gasteiger partial charge in [0, 0.05) is 12.0 Å². The van der Waals surface area contributed by atoms with Gasteiger partial charge in [-0.1, -0.05) is 43.2 Å². The largest absolute Gasteiger partial charge is 0.391 e. The van der Waals surface area contributed by atoms with Gasteiger partial charge in [0.05, 0.1) is 6.10 Å². The lowest BCUT2D eigenvalue weighted by Gasteiger charge is -2.41. The van der Waals surface area contributed by atoms with Gasteiger partial charge in [-0.05, 0) is 45.3 Å². The summed E-state index contributed by atoms with van der Waals surface area (Å²) in [6.07, 6.45) is 5.63. The highest BCUT2D eigenvalue weighted by atomic mass is 16.3. The average molecular weight is 261 g/mol. The second-order valence-corrected chi connectivity index (χ2v) is 6.26. The normalized spacial score (nSPS) is 19.9. The Morgan fingerprint density at radius 3 is 2.21 bits per heavy atom. The molecule has 0 amide bonds. The molecule has 1 fully saturated rings. The number of rotatable bonds is 4. The molecule has 106 valence electrons. The number of nitrogens with zero attached hydrogens (tertiary/aromatic N) is 1. The van der Waals surface area contributed by atoms with E-state index in [1.807, 2.05) is 18.2 Å². The summed E-state index contributed by atoms with van der Waals surface area (Å²) in [5.74, 6) is 0. The third-order valence-electron chi connectivity index (χ3n) is 4.51. The fourth-order valence-electron chi connectivity index (χ4n) is 2.94. The van der Waals surface area contributed by atoms with Crippen molar-refractivity contribution in [2.75, 3.05) is 13.1 Å². The molecule has 1 atom stereocenters. The van der Waals surface area contributed by atoms with E-state index in [9.17, 15) is 5.11 Å². The van der Waals surface area contributed by atoms with Gasteiger partial charge in [-0.25, -0.2) is 0 Å². The summed E-state index contributed by atoms with van der Waals surface area (Å²) in [4.78, 5) is 2.48. The van der Waals surface area contributed by atoms with Crippen LogP contribution in [0.3, 0.4) is 0 Å². The third kappa shape index (κ3) is 3.80. The van der Waals surface area contributed by atoms with Crippen LogP contribution in [0.2, 0.25) is 0 Å². The molecule has 1 aliphatic rings. The van der Waals surface area contributed by atoms with Crippen LogP contribution in [0, 0.1) is 0 Å². The van der Waals surface area contributed by atoms with Crippen LogP contribution in [-0.2, 0) is 6.42 Å². The Bertz CT molecular complexity index is 366. The van der Waals surface area contributed by atoms with Crippen molar-refractivity contribution in [3.63, 3.8) is 0 Å². The van der Waals surface area contributed by atoms with Crippen molar-refractivity contribution in [2.45, 2.75) is 57.6 Å². The summed E-state index contributed by atoms with van der Waals surface area (Å²) < 4.78 is 0. The molecule has 1 aromatic carbocycles. The van der Waals surface area contributed by atoms with Gasteiger partial charge in [-0.15, -0.1) is 0 Å². The summed E-state index contributed by atoms with van der Waals surface area (Å²) in [6, 6.07) is 10.3. The number of benzene rings is 1. The zero-order valence-electron chi connectivity index (χ0n) is 12.3. The van der Waals surface area contributed by atoms with Crippen LogP contribution in [0.15, 0.2) is 30.3 Å². The van der Waals surface area contributed by atoms with E-state index in [1.54, 1.807) is 0 Å². The van der Waals surface area contributed by atoms with E-state index in [-0.39, 0.29) is 11.6 Å². The number of aliphatic hydroxyl groups excluding tert-OH is 1. The first-order valence-corrected chi connectivity index (χ1v) is 7.58. The molecule has 0 aromatic heterocycles. The average Bonchev–Trinajstić information content (AvgIpc) is 2.69. The highest BCUT2D eigenvalue weighted by Crippen LogP contribution is 2.25. The molecule has 0 bridgehead atoms. The molecule has 0 radical (unpaired) electrons. The molecule has 0 aliphatic carbocycles. The second-order valence-electron chi connectivity index (χ2n) is 6.26. The summed E-state index contributed by atoms with van der Waals surface area (Å²) in [5.41, 5.74) is 1.08. The van der Waals surface area contributed by atoms with E-state index in [1.165, 1.54) is 31.2 Å². The van der Waals surface area contributed by atoms with Gasteiger partial charge in [0.2, 0.25) is 0 Å². The Kier molecular flexibility index (Phi) is 5.00. The molecule has 1 heterocycles. The minimum atomic E-state index is -0.312. The summed E-state index contributed by atoms with van der Waals surface area (Å²) in [5, 5.41) is 10.6. The van der Waals surface area contributed by atoms with Crippen LogP contribution in [0.4, 0.5) is 0 Å². The molecule has 1 aromatic rings. The molecule has 1 N–H and O–H groups in total. The van der Waals surface area contributed by atoms with Crippen LogP contribution in [0.1, 0.15) is 45.1 Å². The van der Waals surface area contributed by atoms with Crippen molar-refractivity contribution in [3.8, 4) is 0 Å². The molecule has 0 spiro atoms. The molecule has 0 saturated carbocycles. The minimum Gasteiger partial charge on any atom is -0.391 e. The topological polar surface area (TPSA) is 23.5 Å². The van der Waals surface area contributed by atoms with Gasteiger partial charge in [0.15, 0.2) is 0 Å². The predicted octanol–water partition coefficient (Wildman–Crippen LogP) is 3.24. The van der Waals surface area contributed by atoms with Gasteiger partial charge >= 0.3 is 0 Å². The third-order valence-corrected chi connectivity index (χ3v) is 4.51. The van der Waals surface area contributed by atoms with Crippen molar-refractivity contribution < 1.29 is 5.11 Å². The van der Waals surface area contributed by atoms with Gasteiger partial charge in [-0.3, -0.25) is 4.90 Å². The number of likely N-dealkylation sites (tertiary alicyclic amines) is 1. The van der Waals surface area contributed by atoms with Crippen molar-refractivity contribution in [3.05, 3.63) is 35.9 Å². The Morgan fingerprint density at radius 2 is 1.63 bits per heavy atom. The van der Waals surface area contributed by atoms with Crippen molar-refractivity contribution in [2.24, 2.45) is 0 Å². The van der Waals surface area contributed by atoms with E-state index in [0.29, 0.717) is 0 Å². The predicted molar refractivity (Wildman–Crippen MR) is 80.3 cm³/mol. The lowest BCUT2D eigenvalue weighted by molar-refractivity contribution is -0.00786. The summed E-state index contributed by atoms with van der Waals surface area (Å²) >= 11 is 0. The van der Waals surface area contributed by atoms with Crippen LogP contribution in [0.25, 0.3) is 0 Å². The van der Waals surface area contributed by atoms with E-state index >= 15 is 0 Å². The fourth-order valence-corrected chi connectivity index (χ4v) is 2.94. The zero-order valence-corrected chi connectivity index (χ0v) is 12.3. The summed E-state index contributed by atoms with van der Waals surface area (Å²) in [6.45, 7) is 6.62. The van der Waals surface area contributed by atoms with E-state index in [4.69, 9.17) is 0 Å². The molecule has 1 saturated heterocycles. The van der Waals surface area contributed by atoms with Crippen LogP contribution < -0.4 is 0 Å². The SMILES string of the molecule is CC(C)(C(O)Cc1ccccc1)N1CCCCCC1. The minimum absolute atomic E-state index is 0.139. The lowest BCUT2D eigenvalue weighted by atomic mass is 9.89. The molecular formula is C17H27NO. The number of hydrogen-bond acceptors (Lipinski definition) is 2. The van der Waals surface area contributed by atoms with Gasteiger partial charge < -0.3 is 5.11 Å². The Balaban J connectivity index is 2.00. The molecule has 2 heteroatoms. The molecule has 1 aliphatic heterocycles. The number of hydrogen-bond donors (Lipinski definition) is 1. The Labute approximate surface area is 117 Å². The maximum atomic E-state index is 10.6. The molecule has 19 heavy (non-hydrogen) atoms. The highest BCUT2D eigenvalue weighted by Gasteiger charge is 2.34. The maximum absolute atomic E-state index is 10.6. The maximum Gasteiger partial charge on any atom is 0.0758 e. The molecule has 2 rings (SSSR count). The van der Waals surface area contributed by atoms with Gasteiger partial charge in [0.25, 0.3) is 0 Å². The smallest absolute Gasteiger partial charge is 0.0758 e. The van der Waals surface area contributed by atoms with Gasteiger partial charge in [0.1, 0.15) is 0 Å².